The van der Waals surface area contributed by atoms with Crippen LogP contribution >= 0.6 is 0 Å². The van der Waals surface area contributed by atoms with Gasteiger partial charge >= 0.3 is 6.18 Å². The summed E-state index contributed by atoms with van der Waals surface area (Å²) >= 11 is 0. The highest BCUT2D eigenvalue weighted by molar-refractivity contribution is 5.86. The van der Waals surface area contributed by atoms with E-state index < -0.39 is 17.3 Å². The van der Waals surface area contributed by atoms with E-state index in [-0.39, 0.29) is 10.9 Å². The number of H-pyrrole nitrogens is 1. The predicted molar refractivity (Wildman–Crippen MR) is 77.4 cm³/mol. The molecule has 6 heteroatoms. The van der Waals surface area contributed by atoms with Gasteiger partial charge in [-0.25, -0.2) is 0 Å². The fourth-order valence-corrected chi connectivity index (χ4v) is 2.22. The summed E-state index contributed by atoms with van der Waals surface area (Å²) in [4.78, 5) is 15.5. The van der Waals surface area contributed by atoms with Gasteiger partial charge in [0, 0.05) is 29.2 Å². The van der Waals surface area contributed by atoms with E-state index in [0.717, 1.165) is 6.42 Å². The van der Waals surface area contributed by atoms with Crippen molar-refractivity contribution in [2.45, 2.75) is 19.5 Å². The molecular formula is C15H15F3N2O. The number of aromatic amines is 1. The minimum Gasteiger partial charge on any atom is -0.349 e. The van der Waals surface area contributed by atoms with Crippen molar-refractivity contribution < 1.29 is 13.2 Å². The largest absolute Gasteiger partial charge is 0.417 e. The smallest absolute Gasteiger partial charge is 0.349 e. The van der Waals surface area contributed by atoms with Crippen molar-refractivity contribution in [3.8, 4) is 0 Å². The van der Waals surface area contributed by atoms with Gasteiger partial charge in [0.25, 0.3) is 0 Å². The van der Waals surface area contributed by atoms with Gasteiger partial charge < -0.3 is 9.88 Å². The molecule has 0 bridgehead atoms. The van der Waals surface area contributed by atoms with E-state index in [9.17, 15) is 18.0 Å². The third-order valence-corrected chi connectivity index (χ3v) is 3.15. The van der Waals surface area contributed by atoms with Crippen LogP contribution in [-0.2, 0) is 6.18 Å². The van der Waals surface area contributed by atoms with Crippen LogP contribution in [0.1, 0.15) is 18.9 Å². The molecule has 2 aromatic rings. The molecule has 0 aliphatic carbocycles. The Labute approximate surface area is 119 Å². The highest BCUT2D eigenvalue weighted by atomic mass is 19.4. The quantitative estimate of drug-likeness (QED) is 0.928. The standard InChI is InChI=1S/C15H15F3N2O/c1-3-7-20(4-2)10-5-6-13-11(8-10)12(15(16,17)18)9-14(21)19-13/h4-6,8-9H,2-3,7H2,1H3,(H,19,21). The third-order valence-electron chi connectivity index (χ3n) is 3.15. The van der Waals surface area contributed by atoms with Crippen molar-refractivity contribution in [1.29, 1.82) is 0 Å². The summed E-state index contributed by atoms with van der Waals surface area (Å²) in [5.41, 5.74) is -0.920. The molecular weight excluding hydrogens is 281 g/mol. The minimum absolute atomic E-state index is 0.0254. The molecule has 1 aromatic carbocycles. The molecule has 1 aromatic heterocycles. The number of aromatic nitrogens is 1. The van der Waals surface area contributed by atoms with Crippen molar-refractivity contribution in [3.63, 3.8) is 0 Å². The van der Waals surface area contributed by atoms with Crippen LogP contribution in [0.4, 0.5) is 18.9 Å². The first-order chi connectivity index (χ1) is 9.86. The molecule has 3 nitrogen and oxygen atoms in total. The van der Waals surface area contributed by atoms with Crippen LogP contribution in [0.5, 0.6) is 0 Å². The second-order valence-corrected chi connectivity index (χ2v) is 4.65. The molecule has 0 spiro atoms. The fraction of sp³-hybridized carbons (Fsp3) is 0.267. The molecule has 0 aliphatic heterocycles. The Hall–Kier alpha value is -2.24. The maximum Gasteiger partial charge on any atom is 0.417 e. The van der Waals surface area contributed by atoms with Crippen molar-refractivity contribution in [3.05, 3.63) is 53.0 Å². The van der Waals surface area contributed by atoms with Crippen molar-refractivity contribution in [2.75, 3.05) is 11.4 Å². The summed E-state index contributed by atoms with van der Waals surface area (Å²) in [7, 11) is 0. The van der Waals surface area contributed by atoms with Crippen LogP contribution < -0.4 is 10.5 Å². The van der Waals surface area contributed by atoms with E-state index >= 15 is 0 Å². The lowest BCUT2D eigenvalue weighted by molar-refractivity contribution is -0.136. The van der Waals surface area contributed by atoms with E-state index in [2.05, 4.69) is 11.6 Å². The molecule has 112 valence electrons. The summed E-state index contributed by atoms with van der Waals surface area (Å²) in [5.74, 6) is 0. The lowest BCUT2D eigenvalue weighted by Crippen LogP contribution is -2.17. The zero-order chi connectivity index (χ0) is 15.6. The lowest BCUT2D eigenvalue weighted by Gasteiger charge is -2.20. The average molecular weight is 296 g/mol. The van der Waals surface area contributed by atoms with E-state index in [1.807, 2.05) is 6.92 Å². The molecule has 0 atom stereocenters. The highest BCUT2D eigenvalue weighted by Gasteiger charge is 2.33. The zero-order valence-corrected chi connectivity index (χ0v) is 11.5. The molecule has 1 heterocycles. The Balaban J connectivity index is 2.68. The number of benzene rings is 1. The van der Waals surface area contributed by atoms with Crippen LogP contribution in [0.15, 0.2) is 41.8 Å². The van der Waals surface area contributed by atoms with Gasteiger partial charge in [0.2, 0.25) is 5.56 Å². The zero-order valence-electron chi connectivity index (χ0n) is 11.5. The van der Waals surface area contributed by atoms with Gasteiger partial charge in [0.1, 0.15) is 0 Å². The molecule has 0 unspecified atom stereocenters. The summed E-state index contributed by atoms with van der Waals surface area (Å²) in [6, 6.07) is 5.15. The Morgan fingerprint density at radius 2 is 2.05 bits per heavy atom. The van der Waals surface area contributed by atoms with Crippen LogP contribution in [0.2, 0.25) is 0 Å². The van der Waals surface area contributed by atoms with E-state index in [1.165, 1.54) is 12.1 Å². The van der Waals surface area contributed by atoms with Gasteiger partial charge in [0.05, 0.1) is 5.56 Å². The third kappa shape index (κ3) is 3.09. The number of hydrogen-bond donors (Lipinski definition) is 1. The van der Waals surface area contributed by atoms with Crippen LogP contribution in [0.3, 0.4) is 0 Å². The Morgan fingerprint density at radius 3 is 2.62 bits per heavy atom. The van der Waals surface area contributed by atoms with E-state index in [1.54, 1.807) is 17.2 Å². The number of hydrogen-bond acceptors (Lipinski definition) is 2. The Kier molecular flexibility index (Phi) is 4.06. The number of halogens is 3. The molecule has 0 aliphatic rings. The maximum absolute atomic E-state index is 13.1. The van der Waals surface area contributed by atoms with Gasteiger partial charge in [-0.15, -0.1) is 0 Å². The molecule has 0 saturated carbocycles. The van der Waals surface area contributed by atoms with Crippen molar-refractivity contribution >= 4 is 16.6 Å². The summed E-state index contributed by atoms with van der Waals surface area (Å²) in [6.45, 7) is 6.29. The van der Waals surface area contributed by atoms with Gasteiger partial charge in [-0.2, -0.15) is 13.2 Å². The number of fused-ring (bicyclic) bond motifs is 1. The monoisotopic (exact) mass is 296 g/mol. The van der Waals surface area contributed by atoms with Crippen molar-refractivity contribution in [2.24, 2.45) is 0 Å². The van der Waals surface area contributed by atoms with E-state index in [0.29, 0.717) is 18.3 Å². The number of anilines is 1. The highest BCUT2D eigenvalue weighted by Crippen LogP contribution is 2.34. The lowest BCUT2D eigenvalue weighted by atomic mass is 10.1. The van der Waals surface area contributed by atoms with Crippen LogP contribution in [0, 0.1) is 0 Å². The first kappa shape index (κ1) is 15.2. The number of pyridine rings is 1. The number of alkyl halides is 3. The predicted octanol–water partition coefficient (Wildman–Crippen LogP) is 3.91. The molecule has 1 N–H and O–H groups in total. The minimum atomic E-state index is -4.57. The van der Waals surface area contributed by atoms with E-state index in [4.69, 9.17) is 0 Å². The topological polar surface area (TPSA) is 36.1 Å². The Morgan fingerprint density at radius 1 is 1.33 bits per heavy atom. The number of rotatable bonds is 4. The SMILES string of the molecule is C=CN(CCC)c1ccc2[nH]c(=O)cc(C(F)(F)F)c2c1. The van der Waals surface area contributed by atoms with Crippen LogP contribution in [-0.4, -0.2) is 11.5 Å². The molecule has 0 saturated heterocycles. The van der Waals surface area contributed by atoms with Gasteiger partial charge in [-0.05, 0) is 30.8 Å². The molecule has 2 rings (SSSR count). The molecule has 0 fully saturated rings. The number of nitrogens with zero attached hydrogens (tertiary/aromatic N) is 1. The Bertz CT molecular complexity index is 719. The van der Waals surface area contributed by atoms with Gasteiger partial charge in [-0.1, -0.05) is 13.5 Å². The molecule has 0 amide bonds. The normalized spacial score (nSPS) is 11.6. The second kappa shape index (κ2) is 5.63. The second-order valence-electron chi connectivity index (χ2n) is 4.65. The van der Waals surface area contributed by atoms with Gasteiger partial charge in [0.15, 0.2) is 0 Å². The number of nitrogens with one attached hydrogen (secondary N) is 1. The van der Waals surface area contributed by atoms with Gasteiger partial charge in [-0.3, -0.25) is 4.79 Å². The average Bonchev–Trinajstić information content (AvgIpc) is 2.42. The summed E-state index contributed by atoms with van der Waals surface area (Å²) in [5, 5.41) is -0.0254. The van der Waals surface area contributed by atoms with Crippen LogP contribution in [0.25, 0.3) is 10.9 Å². The summed E-state index contributed by atoms with van der Waals surface area (Å²) < 4.78 is 39.2. The fourth-order valence-electron chi connectivity index (χ4n) is 2.22. The molecule has 0 radical (unpaired) electrons. The first-order valence-electron chi connectivity index (χ1n) is 6.50. The molecule has 21 heavy (non-hydrogen) atoms. The van der Waals surface area contributed by atoms with Crippen molar-refractivity contribution in [1.82, 2.24) is 4.98 Å². The first-order valence-corrected chi connectivity index (χ1v) is 6.50. The summed E-state index contributed by atoms with van der Waals surface area (Å²) in [6.07, 6.45) is -2.17. The maximum atomic E-state index is 13.1.